The molecule has 30 heavy (non-hydrogen) atoms. The van der Waals surface area contributed by atoms with Gasteiger partial charge in [0.25, 0.3) is 5.69 Å². The molecule has 0 spiro atoms. The number of carbonyl (C=O) groups is 2. The second-order valence-corrected chi connectivity index (χ2v) is 5.99. The SMILES string of the molecule is COc1ccc(C(=O)c2ccccc2)c(OC(=O)Nc2cc([N+](=O)[O-])ccc2F)c1. The van der Waals surface area contributed by atoms with Gasteiger partial charge in [0.05, 0.1) is 23.3 Å². The first-order chi connectivity index (χ1) is 14.4. The number of hydrogen-bond donors (Lipinski definition) is 1. The molecule has 3 aromatic carbocycles. The highest BCUT2D eigenvalue weighted by atomic mass is 19.1. The van der Waals surface area contributed by atoms with Crippen LogP contribution in [0.2, 0.25) is 0 Å². The van der Waals surface area contributed by atoms with Crippen LogP contribution in [0.4, 0.5) is 20.6 Å². The van der Waals surface area contributed by atoms with Crippen LogP contribution >= 0.6 is 0 Å². The van der Waals surface area contributed by atoms with Crippen molar-refractivity contribution < 1.29 is 28.4 Å². The number of rotatable bonds is 6. The zero-order valence-corrected chi connectivity index (χ0v) is 15.6. The number of nitrogens with one attached hydrogen (secondary N) is 1. The van der Waals surface area contributed by atoms with Crippen molar-refractivity contribution in [3.05, 3.63) is 93.8 Å². The first-order valence-electron chi connectivity index (χ1n) is 8.59. The number of non-ortho nitro benzene ring substituents is 1. The molecule has 1 amide bonds. The lowest BCUT2D eigenvalue weighted by molar-refractivity contribution is -0.384. The van der Waals surface area contributed by atoms with Gasteiger partial charge in [0.1, 0.15) is 17.3 Å². The maximum absolute atomic E-state index is 13.9. The minimum absolute atomic E-state index is 0.0802. The van der Waals surface area contributed by atoms with Crippen LogP contribution in [-0.4, -0.2) is 23.9 Å². The van der Waals surface area contributed by atoms with Gasteiger partial charge in [-0.2, -0.15) is 0 Å². The molecule has 0 aliphatic carbocycles. The molecule has 0 unspecified atom stereocenters. The second kappa shape index (κ2) is 8.82. The molecule has 0 aliphatic heterocycles. The summed E-state index contributed by atoms with van der Waals surface area (Å²) in [6.45, 7) is 0. The molecule has 0 atom stereocenters. The topological polar surface area (TPSA) is 108 Å². The highest BCUT2D eigenvalue weighted by Gasteiger charge is 2.19. The fraction of sp³-hybridized carbons (Fsp3) is 0.0476. The van der Waals surface area contributed by atoms with Crippen LogP contribution in [0.3, 0.4) is 0 Å². The van der Waals surface area contributed by atoms with E-state index in [1.165, 1.54) is 25.3 Å². The average Bonchev–Trinajstić information content (AvgIpc) is 2.75. The normalized spacial score (nSPS) is 10.2. The zero-order valence-electron chi connectivity index (χ0n) is 15.6. The predicted molar refractivity (Wildman–Crippen MR) is 106 cm³/mol. The van der Waals surface area contributed by atoms with Gasteiger partial charge in [0, 0.05) is 23.8 Å². The fourth-order valence-electron chi connectivity index (χ4n) is 2.60. The van der Waals surface area contributed by atoms with E-state index >= 15 is 0 Å². The maximum Gasteiger partial charge on any atom is 0.417 e. The van der Waals surface area contributed by atoms with Gasteiger partial charge in [-0.3, -0.25) is 20.2 Å². The summed E-state index contributed by atoms with van der Waals surface area (Å²) in [5.74, 6) is -1.08. The summed E-state index contributed by atoms with van der Waals surface area (Å²) in [5, 5.41) is 13.0. The summed E-state index contributed by atoms with van der Waals surface area (Å²) < 4.78 is 24.2. The highest BCUT2D eigenvalue weighted by molar-refractivity contribution is 6.11. The standard InChI is InChI=1S/C21H15FN2O6/c1-29-15-8-9-16(20(25)13-5-3-2-4-6-13)19(12-15)30-21(26)23-18-11-14(24(27)28)7-10-17(18)22/h2-12H,1H3,(H,23,26). The van der Waals surface area contributed by atoms with E-state index in [0.29, 0.717) is 11.3 Å². The number of anilines is 1. The van der Waals surface area contributed by atoms with E-state index < -0.39 is 34.0 Å². The van der Waals surface area contributed by atoms with Crippen molar-refractivity contribution in [1.82, 2.24) is 0 Å². The Kier molecular flexibility index (Phi) is 6.02. The number of ketones is 1. The lowest BCUT2D eigenvalue weighted by atomic mass is 10.0. The van der Waals surface area contributed by atoms with Crippen LogP contribution in [0, 0.1) is 15.9 Å². The summed E-state index contributed by atoms with van der Waals surface area (Å²) >= 11 is 0. The van der Waals surface area contributed by atoms with E-state index in [4.69, 9.17) is 9.47 Å². The molecule has 0 heterocycles. The Hall–Kier alpha value is -4.27. The van der Waals surface area contributed by atoms with Crippen LogP contribution in [0.25, 0.3) is 0 Å². The van der Waals surface area contributed by atoms with E-state index in [0.717, 1.165) is 18.2 Å². The molecule has 0 radical (unpaired) electrons. The lowest BCUT2D eigenvalue weighted by Crippen LogP contribution is -2.19. The number of ether oxygens (including phenoxy) is 2. The molecule has 8 nitrogen and oxygen atoms in total. The van der Waals surface area contributed by atoms with E-state index in [1.807, 2.05) is 0 Å². The largest absolute Gasteiger partial charge is 0.497 e. The monoisotopic (exact) mass is 410 g/mol. The Balaban J connectivity index is 1.88. The minimum Gasteiger partial charge on any atom is -0.497 e. The van der Waals surface area contributed by atoms with Crippen LogP contribution in [0.1, 0.15) is 15.9 Å². The average molecular weight is 410 g/mol. The van der Waals surface area contributed by atoms with Crippen molar-refractivity contribution in [3.63, 3.8) is 0 Å². The van der Waals surface area contributed by atoms with Gasteiger partial charge in [0.15, 0.2) is 5.78 Å². The summed E-state index contributed by atoms with van der Waals surface area (Å²) in [4.78, 5) is 35.2. The Morgan fingerprint density at radius 2 is 1.77 bits per heavy atom. The first-order valence-corrected chi connectivity index (χ1v) is 8.59. The Morgan fingerprint density at radius 3 is 2.43 bits per heavy atom. The van der Waals surface area contributed by atoms with Gasteiger partial charge in [-0.1, -0.05) is 30.3 Å². The summed E-state index contributed by atoms with van der Waals surface area (Å²) in [6, 6.07) is 15.3. The number of benzene rings is 3. The first kappa shape index (κ1) is 20.5. The molecule has 1 N–H and O–H groups in total. The van der Waals surface area contributed by atoms with Gasteiger partial charge in [0.2, 0.25) is 0 Å². The van der Waals surface area contributed by atoms with Crippen LogP contribution in [0.5, 0.6) is 11.5 Å². The number of halogens is 1. The number of hydrogen-bond acceptors (Lipinski definition) is 6. The molecule has 0 fully saturated rings. The molecular formula is C21H15FN2O6. The van der Waals surface area contributed by atoms with Crippen LogP contribution in [-0.2, 0) is 0 Å². The molecule has 0 saturated heterocycles. The van der Waals surface area contributed by atoms with Crippen molar-refractivity contribution in [2.24, 2.45) is 0 Å². The van der Waals surface area contributed by atoms with Crippen molar-refractivity contribution >= 4 is 23.3 Å². The zero-order chi connectivity index (χ0) is 21.7. The van der Waals surface area contributed by atoms with Crippen molar-refractivity contribution in [1.29, 1.82) is 0 Å². The van der Waals surface area contributed by atoms with Crippen LogP contribution < -0.4 is 14.8 Å². The van der Waals surface area contributed by atoms with E-state index in [2.05, 4.69) is 5.32 Å². The summed E-state index contributed by atoms with van der Waals surface area (Å²) in [7, 11) is 1.40. The van der Waals surface area contributed by atoms with Crippen LogP contribution in [0.15, 0.2) is 66.7 Å². The predicted octanol–water partition coefficient (Wildman–Crippen LogP) is 4.58. The number of carbonyl (C=O) groups excluding carboxylic acids is 2. The Morgan fingerprint density at radius 1 is 1.03 bits per heavy atom. The Labute approximate surface area is 170 Å². The molecular weight excluding hydrogens is 395 g/mol. The van der Waals surface area contributed by atoms with Crippen molar-refractivity contribution in [2.45, 2.75) is 0 Å². The molecule has 0 saturated carbocycles. The third kappa shape index (κ3) is 4.58. The van der Waals surface area contributed by atoms with Gasteiger partial charge < -0.3 is 9.47 Å². The van der Waals surface area contributed by atoms with E-state index in [1.54, 1.807) is 30.3 Å². The molecule has 9 heteroatoms. The number of amides is 1. The summed E-state index contributed by atoms with van der Waals surface area (Å²) in [5.41, 5.74) is -0.393. The Bertz CT molecular complexity index is 1120. The van der Waals surface area contributed by atoms with Gasteiger partial charge >= 0.3 is 6.09 Å². The lowest BCUT2D eigenvalue weighted by Gasteiger charge is -2.12. The molecule has 0 bridgehead atoms. The van der Waals surface area contributed by atoms with Crippen molar-refractivity contribution in [2.75, 3.05) is 12.4 Å². The number of nitrogens with zero attached hydrogens (tertiary/aromatic N) is 1. The summed E-state index contributed by atoms with van der Waals surface area (Å²) in [6.07, 6.45) is -1.13. The quantitative estimate of drug-likeness (QED) is 0.362. The third-order valence-corrected chi connectivity index (χ3v) is 4.07. The van der Waals surface area contributed by atoms with E-state index in [-0.39, 0.29) is 11.3 Å². The van der Waals surface area contributed by atoms with Gasteiger partial charge in [-0.25, -0.2) is 9.18 Å². The maximum atomic E-state index is 13.9. The smallest absolute Gasteiger partial charge is 0.417 e. The molecule has 3 aromatic rings. The minimum atomic E-state index is -1.13. The molecule has 0 aromatic heterocycles. The van der Waals surface area contributed by atoms with E-state index in [9.17, 15) is 24.1 Å². The number of methoxy groups -OCH3 is 1. The molecule has 3 rings (SSSR count). The second-order valence-electron chi connectivity index (χ2n) is 5.99. The van der Waals surface area contributed by atoms with Gasteiger partial charge in [-0.05, 0) is 18.2 Å². The number of nitro benzene ring substituents is 1. The van der Waals surface area contributed by atoms with Crippen molar-refractivity contribution in [3.8, 4) is 11.5 Å². The molecule has 0 aliphatic rings. The number of nitro groups is 1. The highest BCUT2D eigenvalue weighted by Crippen LogP contribution is 2.28. The fourth-order valence-corrected chi connectivity index (χ4v) is 2.60. The van der Waals surface area contributed by atoms with Gasteiger partial charge in [-0.15, -0.1) is 0 Å². The third-order valence-electron chi connectivity index (χ3n) is 4.07. The molecule has 152 valence electrons.